The van der Waals surface area contributed by atoms with Crippen LogP contribution in [0.1, 0.15) is 49.1 Å². The van der Waals surface area contributed by atoms with Gasteiger partial charge >= 0.3 is 5.76 Å². The molecule has 4 rings (SSSR count). The molecule has 6 heteroatoms. The summed E-state index contributed by atoms with van der Waals surface area (Å²) in [5, 5.41) is 9.52. The van der Waals surface area contributed by atoms with Gasteiger partial charge in [-0.2, -0.15) is 0 Å². The number of fused-ring (bicyclic) bond motifs is 1. The average Bonchev–Trinajstić information content (AvgIpc) is 3.14. The Bertz CT molecular complexity index is 1000. The highest BCUT2D eigenvalue weighted by atomic mass is 19.1. The van der Waals surface area contributed by atoms with Crippen LogP contribution in [0.3, 0.4) is 0 Å². The van der Waals surface area contributed by atoms with Crippen LogP contribution < -0.4 is 5.76 Å². The minimum absolute atomic E-state index is 0.166. The third-order valence-electron chi connectivity index (χ3n) is 6.34. The topological polar surface area (TPSA) is 69.5 Å². The largest absolute Gasteiger partial charge is 0.417 e. The van der Waals surface area contributed by atoms with Crippen molar-refractivity contribution in [1.82, 2.24) is 9.88 Å². The van der Waals surface area contributed by atoms with E-state index in [-0.39, 0.29) is 12.4 Å². The molecule has 0 saturated heterocycles. The number of hydrogen-bond donors (Lipinski definition) is 2. The number of oxazole rings is 1. The second-order valence-corrected chi connectivity index (χ2v) is 8.27. The van der Waals surface area contributed by atoms with E-state index in [1.165, 1.54) is 17.7 Å². The van der Waals surface area contributed by atoms with Crippen molar-refractivity contribution in [3.05, 3.63) is 70.0 Å². The van der Waals surface area contributed by atoms with Crippen molar-refractivity contribution in [2.75, 3.05) is 19.7 Å². The van der Waals surface area contributed by atoms with E-state index >= 15 is 0 Å². The average molecular weight is 413 g/mol. The Labute approximate surface area is 175 Å². The van der Waals surface area contributed by atoms with Crippen LogP contribution >= 0.6 is 0 Å². The first kappa shape index (κ1) is 20.8. The molecule has 0 atom stereocenters. The van der Waals surface area contributed by atoms with Crippen LogP contribution in [0.5, 0.6) is 0 Å². The fourth-order valence-electron chi connectivity index (χ4n) is 4.73. The van der Waals surface area contributed by atoms with Gasteiger partial charge in [0.25, 0.3) is 0 Å². The summed E-state index contributed by atoms with van der Waals surface area (Å²) in [6.45, 7) is 1.80. The highest BCUT2D eigenvalue weighted by molar-refractivity contribution is 5.72. The maximum Gasteiger partial charge on any atom is 0.417 e. The molecule has 1 heterocycles. The van der Waals surface area contributed by atoms with Crippen LogP contribution in [-0.2, 0) is 6.42 Å². The number of H-pyrrole nitrogens is 1. The van der Waals surface area contributed by atoms with Gasteiger partial charge in [0.1, 0.15) is 5.82 Å². The predicted molar refractivity (Wildman–Crippen MR) is 115 cm³/mol. The van der Waals surface area contributed by atoms with Crippen LogP contribution in [0.25, 0.3) is 11.1 Å². The van der Waals surface area contributed by atoms with Gasteiger partial charge in [-0.15, -0.1) is 0 Å². The molecule has 0 amide bonds. The molecule has 0 aliphatic heterocycles. The third-order valence-corrected chi connectivity index (χ3v) is 6.34. The summed E-state index contributed by atoms with van der Waals surface area (Å²) in [5.74, 6) is -0.137. The zero-order chi connectivity index (χ0) is 20.9. The van der Waals surface area contributed by atoms with Gasteiger partial charge in [0.05, 0.1) is 12.1 Å². The number of nitrogens with one attached hydrogen (secondary N) is 1. The molecule has 1 fully saturated rings. The summed E-state index contributed by atoms with van der Waals surface area (Å²) in [6, 6.07) is 13.2. The van der Waals surface area contributed by atoms with E-state index in [0.29, 0.717) is 24.1 Å². The van der Waals surface area contributed by atoms with Gasteiger partial charge in [0.2, 0.25) is 0 Å². The van der Waals surface area contributed by atoms with Crippen LogP contribution in [0, 0.1) is 5.82 Å². The lowest BCUT2D eigenvalue weighted by atomic mass is 9.81. The van der Waals surface area contributed by atoms with Gasteiger partial charge in [-0.3, -0.25) is 9.88 Å². The lowest BCUT2D eigenvalue weighted by molar-refractivity contribution is 0.118. The second-order valence-electron chi connectivity index (χ2n) is 8.27. The number of benzene rings is 2. The molecule has 2 aromatic carbocycles. The first-order chi connectivity index (χ1) is 14.6. The number of rotatable bonds is 8. The highest BCUT2D eigenvalue weighted by Gasteiger charge is 2.26. The van der Waals surface area contributed by atoms with E-state index in [0.717, 1.165) is 56.1 Å². The van der Waals surface area contributed by atoms with E-state index in [2.05, 4.69) is 16.0 Å². The minimum atomic E-state index is -0.411. The molecule has 0 spiro atoms. The van der Waals surface area contributed by atoms with E-state index in [1.807, 2.05) is 24.3 Å². The number of aromatic amines is 1. The second kappa shape index (κ2) is 9.58. The van der Waals surface area contributed by atoms with Crippen molar-refractivity contribution in [2.24, 2.45) is 0 Å². The van der Waals surface area contributed by atoms with Crippen LogP contribution in [0.2, 0.25) is 0 Å². The molecule has 5 nitrogen and oxygen atoms in total. The fraction of sp³-hybridized carbons (Fsp3) is 0.458. The predicted octanol–water partition coefficient (Wildman–Crippen LogP) is 4.21. The van der Waals surface area contributed by atoms with Crippen molar-refractivity contribution < 1.29 is 13.9 Å². The SMILES string of the molecule is O=c1[nH]c2ccc(C3CCC(N(CCO)CCCc4ccc(F)cc4)CC3)cc2o1. The summed E-state index contributed by atoms with van der Waals surface area (Å²) in [7, 11) is 0. The molecule has 0 radical (unpaired) electrons. The molecule has 160 valence electrons. The zero-order valence-corrected chi connectivity index (χ0v) is 17.1. The number of halogens is 1. The molecular formula is C24H29FN2O3. The van der Waals surface area contributed by atoms with E-state index in [1.54, 1.807) is 0 Å². The van der Waals surface area contributed by atoms with Gasteiger partial charge < -0.3 is 9.52 Å². The maximum atomic E-state index is 13.1. The maximum absolute atomic E-state index is 13.1. The summed E-state index contributed by atoms with van der Waals surface area (Å²) in [6.07, 6.45) is 6.27. The Balaban J connectivity index is 1.31. The zero-order valence-electron chi connectivity index (χ0n) is 17.1. The van der Waals surface area contributed by atoms with Crippen LogP contribution in [0.15, 0.2) is 51.7 Å². The number of aryl methyl sites for hydroxylation is 1. The summed E-state index contributed by atoms with van der Waals surface area (Å²) in [4.78, 5) is 16.5. The lowest BCUT2D eigenvalue weighted by Crippen LogP contribution is -2.40. The number of hydrogen-bond acceptors (Lipinski definition) is 4. The van der Waals surface area contributed by atoms with Crippen molar-refractivity contribution in [2.45, 2.75) is 50.5 Å². The highest BCUT2D eigenvalue weighted by Crippen LogP contribution is 2.35. The number of aliphatic hydroxyl groups is 1. The van der Waals surface area contributed by atoms with Crippen LogP contribution in [-0.4, -0.2) is 40.7 Å². The van der Waals surface area contributed by atoms with Gasteiger partial charge in [0.15, 0.2) is 5.58 Å². The van der Waals surface area contributed by atoms with Crippen molar-refractivity contribution in [3.8, 4) is 0 Å². The third kappa shape index (κ3) is 4.99. The minimum Gasteiger partial charge on any atom is -0.408 e. The summed E-state index contributed by atoms with van der Waals surface area (Å²) in [5.41, 5.74) is 3.75. The Hall–Kier alpha value is -2.44. The van der Waals surface area contributed by atoms with Crippen molar-refractivity contribution in [1.29, 1.82) is 0 Å². The monoisotopic (exact) mass is 412 g/mol. The molecule has 1 aliphatic carbocycles. The Morgan fingerprint density at radius 1 is 1.07 bits per heavy atom. The fourth-order valence-corrected chi connectivity index (χ4v) is 4.73. The number of aliphatic hydroxyl groups excluding tert-OH is 1. The van der Waals surface area contributed by atoms with Gasteiger partial charge in [-0.05, 0) is 86.4 Å². The Morgan fingerprint density at radius 3 is 2.57 bits per heavy atom. The van der Waals surface area contributed by atoms with E-state index < -0.39 is 5.76 Å². The Kier molecular flexibility index (Phi) is 6.65. The Morgan fingerprint density at radius 2 is 1.83 bits per heavy atom. The van der Waals surface area contributed by atoms with Crippen molar-refractivity contribution in [3.63, 3.8) is 0 Å². The normalized spacial score (nSPS) is 19.6. The molecule has 30 heavy (non-hydrogen) atoms. The lowest BCUT2D eigenvalue weighted by Gasteiger charge is -2.37. The molecular weight excluding hydrogens is 383 g/mol. The molecule has 3 aromatic rings. The molecule has 2 N–H and O–H groups in total. The van der Waals surface area contributed by atoms with Gasteiger partial charge in [0, 0.05) is 12.6 Å². The number of nitrogens with zero attached hydrogens (tertiary/aromatic N) is 1. The van der Waals surface area contributed by atoms with Gasteiger partial charge in [-0.25, -0.2) is 9.18 Å². The van der Waals surface area contributed by atoms with Crippen molar-refractivity contribution >= 4 is 11.1 Å². The standard InChI is InChI=1S/C24H29FN2O3/c25-20-8-3-17(4-9-20)2-1-13-27(14-15-28)21-10-5-18(6-11-21)19-7-12-22-23(16-19)30-24(29)26-22/h3-4,7-9,12,16,18,21,28H,1-2,5-6,10-11,13-15H2,(H,26,29). The summed E-state index contributed by atoms with van der Waals surface area (Å²) < 4.78 is 18.3. The van der Waals surface area contributed by atoms with E-state index in [4.69, 9.17) is 4.42 Å². The van der Waals surface area contributed by atoms with E-state index in [9.17, 15) is 14.3 Å². The first-order valence-corrected chi connectivity index (χ1v) is 10.8. The number of aromatic nitrogens is 1. The quantitative estimate of drug-likeness (QED) is 0.581. The molecule has 1 saturated carbocycles. The molecule has 0 unspecified atom stereocenters. The molecule has 0 bridgehead atoms. The molecule has 1 aliphatic rings. The smallest absolute Gasteiger partial charge is 0.408 e. The first-order valence-electron chi connectivity index (χ1n) is 10.8. The molecule has 1 aromatic heterocycles. The summed E-state index contributed by atoms with van der Waals surface area (Å²) >= 11 is 0. The van der Waals surface area contributed by atoms with Gasteiger partial charge in [-0.1, -0.05) is 18.2 Å². The van der Waals surface area contributed by atoms with Crippen LogP contribution in [0.4, 0.5) is 4.39 Å².